The summed E-state index contributed by atoms with van der Waals surface area (Å²) >= 11 is 6.10. The van der Waals surface area contributed by atoms with Gasteiger partial charge in [0.2, 0.25) is 0 Å². The van der Waals surface area contributed by atoms with E-state index in [9.17, 15) is 4.79 Å². The molecule has 5 heteroatoms. The summed E-state index contributed by atoms with van der Waals surface area (Å²) in [5.41, 5.74) is 0.493. The highest BCUT2D eigenvalue weighted by Crippen LogP contribution is 2.36. The number of hydrogen-bond donors (Lipinski definition) is 1. The number of hydrogen-bond acceptors (Lipinski definition) is 3. The molecule has 4 nitrogen and oxygen atoms in total. The minimum atomic E-state index is -0.124. The number of carbonyl (C=O) groups excluding carboxylic acids is 1. The number of rotatable bonds is 5. The van der Waals surface area contributed by atoms with Gasteiger partial charge in [-0.1, -0.05) is 11.6 Å². The maximum Gasteiger partial charge on any atom is 0.251 e. The first kappa shape index (κ1) is 13.0. The lowest BCUT2D eigenvalue weighted by molar-refractivity contribution is 0.0950. The summed E-state index contributed by atoms with van der Waals surface area (Å²) in [5, 5.41) is 3.29. The van der Waals surface area contributed by atoms with Crippen LogP contribution in [0.15, 0.2) is 12.1 Å². The van der Waals surface area contributed by atoms with E-state index in [1.165, 1.54) is 7.11 Å². The third-order valence-electron chi connectivity index (χ3n) is 2.69. The lowest BCUT2D eigenvalue weighted by atomic mass is 10.2. The molecule has 1 aromatic carbocycles. The number of methoxy groups -OCH3 is 1. The van der Waals surface area contributed by atoms with Crippen molar-refractivity contribution in [2.24, 2.45) is 0 Å². The van der Waals surface area contributed by atoms with Crippen molar-refractivity contribution in [1.82, 2.24) is 5.32 Å². The van der Waals surface area contributed by atoms with Crippen LogP contribution in [0.25, 0.3) is 0 Å². The predicted molar refractivity (Wildman–Crippen MR) is 69.7 cm³/mol. The second kappa shape index (κ2) is 5.48. The monoisotopic (exact) mass is 269 g/mol. The van der Waals surface area contributed by atoms with Crippen molar-refractivity contribution in [3.63, 3.8) is 0 Å². The average Bonchev–Trinajstić information content (AvgIpc) is 3.15. The maximum absolute atomic E-state index is 11.9. The van der Waals surface area contributed by atoms with Crippen molar-refractivity contribution in [3.05, 3.63) is 22.7 Å². The molecular formula is C13H16ClNO3. The fourth-order valence-electron chi connectivity index (χ4n) is 1.63. The summed E-state index contributed by atoms with van der Waals surface area (Å²) in [6.45, 7) is 2.35. The van der Waals surface area contributed by atoms with Crippen LogP contribution in [0.2, 0.25) is 5.02 Å². The summed E-state index contributed by atoms with van der Waals surface area (Å²) < 4.78 is 10.6. The lowest BCUT2D eigenvalue weighted by Crippen LogP contribution is -2.25. The summed E-state index contributed by atoms with van der Waals surface area (Å²) in [6.07, 6.45) is 2.10. The topological polar surface area (TPSA) is 47.6 Å². The molecule has 0 aromatic heterocycles. The van der Waals surface area contributed by atoms with Crippen LogP contribution in [0.4, 0.5) is 0 Å². The van der Waals surface area contributed by atoms with E-state index in [4.69, 9.17) is 21.1 Å². The van der Waals surface area contributed by atoms with Crippen LogP contribution in [0.1, 0.15) is 30.1 Å². The number of carbonyl (C=O) groups is 1. The molecule has 0 heterocycles. The van der Waals surface area contributed by atoms with E-state index in [0.29, 0.717) is 34.7 Å². The number of halogens is 1. The molecule has 0 unspecified atom stereocenters. The normalized spacial score (nSPS) is 14.2. The number of amides is 1. The van der Waals surface area contributed by atoms with Gasteiger partial charge >= 0.3 is 0 Å². The molecule has 1 fully saturated rings. The van der Waals surface area contributed by atoms with Crippen molar-refractivity contribution in [2.75, 3.05) is 13.7 Å². The lowest BCUT2D eigenvalue weighted by Gasteiger charge is -2.13. The minimum Gasteiger partial charge on any atom is -0.493 e. The molecule has 98 valence electrons. The SMILES string of the molecule is CCOc1c(Cl)cc(C(=O)NC2CC2)cc1OC. The molecule has 1 aliphatic rings. The van der Waals surface area contributed by atoms with Gasteiger partial charge in [-0.15, -0.1) is 0 Å². The first-order valence-corrected chi connectivity index (χ1v) is 6.34. The highest BCUT2D eigenvalue weighted by molar-refractivity contribution is 6.32. The Kier molecular flexibility index (Phi) is 3.97. The minimum absolute atomic E-state index is 0.124. The van der Waals surface area contributed by atoms with E-state index in [2.05, 4.69) is 5.32 Å². The van der Waals surface area contributed by atoms with Crippen molar-refractivity contribution in [1.29, 1.82) is 0 Å². The molecule has 18 heavy (non-hydrogen) atoms. The molecule has 1 aromatic rings. The largest absolute Gasteiger partial charge is 0.493 e. The molecule has 1 aliphatic carbocycles. The Bertz CT molecular complexity index is 458. The zero-order chi connectivity index (χ0) is 13.1. The van der Waals surface area contributed by atoms with E-state index >= 15 is 0 Å². The molecule has 1 saturated carbocycles. The van der Waals surface area contributed by atoms with Gasteiger partial charge in [-0.25, -0.2) is 0 Å². The Morgan fingerprint density at radius 2 is 2.22 bits per heavy atom. The van der Waals surface area contributed by atoms with Crippen LogP contribution in [-0.2, 0) is 0 Å². The Balaban J connectivity index is 2.25. The fraction of sp³-hybridized carbons (Fsp3) is 0.462. The second-order valence-electron chi connectivity index (χ2n) is 4.17. The molecule has 0 radical (unpaired) electrons. The van der Waals surface area contributed by atoms with Crippen molar-refractivity contribution in [2.45, 2.75) is 25.8 Å². The third-order valence-corrected chi connectivity index (χ3v) is 2.97. The quantitative estimate of drug-likeness (QED) is 0.894. The molecule has 0 aliphatic heterocycles. The van der Waals surface area contributed by atoms with Gasteiger partial charge in [0.05, 0.1) is 18.7 Å². The van der Waals surface area contributed by atoms with Gasteiger partial charge in [-0.3, -0.25) is 4.79 Å². The summed E-state index contributed by atoms with van der Waals surface area (Å²) in [7, 11) is 1.52. The molecule has 0 saturated heterocycles. The predicted octanol–water partition coefficient (Wildman–Crippen LogP) is 2.64. The molecule has 0 atom stereocenters. The Labute approximate surface area is 111 Å². The second-order valence-corrected chi connectivity index (χ2v) is 4.58. The van der Waals surface area contributed by atoms with Crippen LogP contribution in [0.5, 0.6) is 11.5 Å². The molecule has 0 spiro atoms. The van der Waals surface area contributed by atoms with Gasteiger partial charge in [-0.2, -0.15) is 0 Å². The van der Waals surface area contributed by atoms with E-state index < -0.39 is 0 Å². The third kappa shape index (κ3) is 2.88. The Morgan fingerprint density at radius 3 is 2.78 bits per heavy atom. The zero-order valence-corrected chi connectivity index (χ0v) is 11.2. The molecule has 1 N–H and O–H groups in total. The van der Waals surface area contributed by atoms with Crippen LogP contribution in [0, 0.1) is 0 Å². The zero-order valence-electron chi connectivity index (χ0n) is 10.5. The first-order chi connectivity index (χ1) is 8.65. The Hall–Kier alpha value is -1.42. The summed E-state index contributed by atoms with van der Waals surface area (Å²) in [4.78, 5) is 11.9. The van der Waals surface area contributed by atoms with Gasteiger partial charge in [0.1, 0.15) is 0 Å². The standard InChI is InChI=1S/C13H16ClNO3/c1-3-18-12-10(14)6-8(7-11(12)17-2)13(16)15-9-4-5-9/h6-7,9H,3-5H2,1-2H3,(H,15,16). The molecular weight excluding hydrogens is 254 g/mol. The van der Waals surface area contributed by atoms with Gasteiger partial charge in [-0.05, 0) is 31.9 Å². The van der Waals surface area contributed by atoms with E-state index in [-0.39, 0.29) is 5.91 Å². The first-order valence-electron chi connectivity index (χ1n) is 5.97. The van der Waals surface area contributed by atoms with Crippen LogP contribution in [-0.4, -0.2) is 25.7 Å². The highest BCUT2D eigenvalue weighted by atomic mass is 35.5. The Morgan fingerprint density at radius 1 is 1.50 bits per heavy atom. The van der Waals surface area contributed by atoms with Gasteiger partial charge in [0, 0.05) is 11.6 Å². The van der Waals surface area contributed by atoms with Crippen molar-refractivity contribution >= 4 is 17.5 Å². The van der Waals surface area contributed by atoms with E-state index in [1.807, 2.05) is 6.92 Å². The summed E-state index contributed by atoms with van der Waals surface area (Å²) in [5.74, 6) is 0.829. The number of nitrogens with one attached hydrogen (secondary N) is 1. The molecule has 1 amide bonds. The molecule has 0 bridgehead atoms. The summed E-state index contributed by atoms with van der Waals surface area (Å²) in [6, 6.07) is 3.57. The van der Waals surface area contributed by atoms with Gasteiger partial charge in [0.15, 0.2) is 11.5 Å². The smallest absolute Gasteiger partial charge is 0.251 e. The highest BCUT2D eigenvalue weighted by Gasteiger charge is 2.24. The van der Waals surface area contributed by atoms with Crippen LogP contribution >= 0.6 is 11.6 Å². The average molecular weight is 270 g/mol. The van der Waals surface area contributed by atoms with Gasteiger partial charge in [0.25, 0.3) is 5.91 Å². The van der Waals surface area contributed by atoms with Crippen molar-refractivity contribution < 1.29 is 14.3 Å². The van der Waals surface area contributed by atoms with Crippen LogP contribution in [0.3, 0.4) is 0 Å². The van der Waals surface area contributed by atoms with Crippen molar-refractivity contribution in [3.8, 4) is 11.5 Å². The van der Waals surface area contributed by atoms with E-state index in [1.54, 1.807) is 12.1 Å². The number of ether oxygens (including phenoxy) is 2. The fourth-order valence-corrected chi connectivity index (χ4v) is 1.90. The number of benzene rings is 1. The maximum atomic E-state index is 11.9. The molecule has 2 rings (SSSR count). The van der Waals surface area contributed by atoms with Crippen LogP contribution < -0.4 is 14.8 Å². The van der Waals surface area contributed by atoms with E-state index in [0.717, 1.165) is 12.8 Å². The van der Waals surface area contributed by atoms with Gasteiger partial charge < -0.3 is 14.8 Å².